The summed E-state index contributed by atoms with van der Waals surface area (Å²) in [5.74, 6) is 0.387. The molecule has 0 aliphatic heterocycles. The number of nitrogens with two attached hydrogens (primary N) is 1. The average Bonchev–Trinajstić information content (AvgIpc) is 3.04. The van der Waals surface area contributed by atoms with E-state index < -0.39 is 0 Å². The third kappa shape index (κ3) is 4.26. The van der Waals surface area contributed by atoms with Gasteiger partial charge in [-0.15, -0.1) is 0 Å². The van der Waals surface area contributed by atoms with Crippen molar-refractivity contribution >= 4 is 23.1 Å². The van der Waals surface area contributed by atoms with Gasteiger partial charge in [-0.05, 0) is 25.2 Å². The van der Waals surface area contributed by atoms with Crippen molar-refractivity contribution in [2.75, 3.05) is 6.54 Å². The lowest BCUT2D eigenvalue weighted by Gasteiger charge is -2.28. The first-order valence-electron chi connectivity index (χ1n) is 6.57. The van der Waals surface area contributed by atoms with E-state index in [-0.39, 0.29) is 11.8 Å². The molecule has 17 heavy (non-hydrogen) atoms. The van der Waals surface area contributed by atoms with Crippen LogP contribution in [0.5, 0.6) is 0 Å². The van der Waals surface area contributed by atoms with Crippen LogP contribution in [-0.4, -0.2) is 28.4 Å². The first-order chi connectivity index (χ1) is 7.97. The van der Waals surface area contributed by atoms with E-state index in [9.17, 15) is 4.79 Å². The fourth-order valence-corrected chi connectivity index (χ4v) is 2.29. The monoisotopic (exact) mass is 256 g/mol. The predicted octanol–water partition coefficient (Wildman–Crippen LogP) is 2.34. The van der Waals surface area contributed by atoms with Gasteiger partial charge in [0.1, 0.15) is 0 Å². The van der Waals surface area contributed by atoms with Gasteiger partial charge in [-0.1, -0.05) is 39.4 Å². The molecule has 1 amide bonds. The summed E-state index contributed by atoms with van der Waals surface area (Å²) in [7, 11) is 0. The molecule has 1 fully saturated rings. The summed E-state index contributed by atoms with van der Waals surface area (Å²) in [4.78, 5) is 14.8. The van der Waals surface area contributed by atoms with Crippen LogP contribution in [-0.2, 0) is 4.79 Å². The standard InChI is InChI=1S/C13H24N2OS/c1-4-5-11(12(14)17)13(16)15(8-9(2)3)10-6-7-10/h9-11H,4-8H2,1-3H3,(H2,14,17). The summed E-state index contributed by atoms with van der Waals surface area (Å²) in [5, 5.41) is 0. The Morgan fingerprint density at radius 1 is 1.47 bits per heavy atom. The van der Waals surface area contributed by atoms with Crippen LogP contribution in [0.3, 0.4) is 0 Å². The largest absolute Gasteiger partial charge is 0.393 e. The summed E-state index contributed by atoms with van der Waals surface area (Å²) in [6, 6.07) is 0.443. The van der Waals surface area contributed by atoms with Crippen molar-refractivity contribution in [3.05, 3.63) is 0 Å². The summed E-state index contributed by atoms with van der Waals surface area (Å²) >= 11 is 5.03. The van der Waals surface area contributed by atoms with Crippen molar-refractivity contribution in [1.29, 1.82) is 0 Å². The van der Waals surface area contributed by atoms with E-state index in [1.54, 1.807) is 0 Å². The number of carbonyl (C=O) groups excluding carboxylic acids is 1. The second-order valence-electron chi connectivity index (χ2n) is 5.36. The van der Waals surface area contributed by atoms with E-state index in [4.69, 9.17) is 18.0 Å². The van der Waals surface area contributed by atoms with E-state index in [0.717, 1.165) is 32.2 Å². The molecule has 1 saturated carbocycles. The van der Waals surface area contributed by atoms with Gasteiger partial charge in [0.15, 0.2) is 0 Å². The molecule has 1 aliphatic carbocycles. The lowest BCUT2D eigenvalue weighted by Crippen LogP contribution is -2.44. The van der Waals surface area contributed by atoms with Gasteiger partial charge in [0.2, 0.25) is 5.91 Å². The summed E-state index contributed by atoms with van der Waals surface area (Å²) in [5.41, 5.74) is 5.70. The maximum atomic E-state index is 12.5. The van der Waals surface area contributed by atoms with Gasteiger partial charge >= 0.3 is 0 Å². The number of nitrogens with zero attached hydrogens (tertiary/aromatic N) is 1. The van der Waals surface area contributed by atoms with Gasteiger partial charge in [-0.2, -0.15) is 0 Å². The lowest BCUT2D eigenvalue weighted by molar-refractivity contribution is -0.134. The Kier molecular flexibility index (Phi) is 5.37. The average molecular weight is 256 g/mol. The number of hydrogen-bond acceptors (Lipinski definition) is 2. The molecule has 0 aromatic heterocycles. The molecule has 1 unspecified atom stereocenters. The Morgan fingerprint density at radius 2 is 2.06 bits per heavy atom. The van der Waals surface area contributed by atoms with Crippen LogP contribution < -0.4 is 5.73 Å². The highest BCUT2D eigenvalue weighted by molar-refractivity contribution is 7.80. The minimum absolute atomic E-state index is 0.149. The summed E-state index contributed by atoms with van der Waals surface area (Å²) in [6.07, 6.45) is 3.98. The van der Waals surface area contributed by atoms with Gasteiger partial charge < -0.3 is 10.6 Å². The normalized spacial score (nSPS) is 16.9. The Morgan fingerprint density at radius 3 is 2.41 bits per heavy atom. The van der Waals surface area contributed by atoms with Crippen LogP contribution in [0.2, 0.25) is 0 Å². The zero-order chi connectivity index (χ0) is 13.0. The molecule has 0 aromatic rings. The van der Waals surface area contributed by atoms with Crippen LogP contribution >= 0.6 is 12.2 Å². The molecule has 1 atom stereocenters. The Hall–Kier alpha value is -0.640. The molecule has 0 heterocycles. The minimum atomic E-state index is -0.255. The van der Waals surface area contributed by atoms with Crippen molar-refractivity contribution < 1.29 is 4.79 Å². The first kappa shape index (κ1) is 14.4. The third-order valence-electron chi connectivity index (χ3n) is 3.05. The van der Waals surface area contributed by atoms with Gasteiger partial charge in [-0.25, -0.2) is 0 Å². The fourth-order valence-electron chi connectivity index (χ4n) is 2.07. The summed E-state index contributed by atoms with van der Waals surface area (Å²) < 4.78 is 0. The molecule has 0 bridgehead atoms. The number of thiocarbonyl (C=S) groups is 1. The number of amides is 1. The number of carbonyl (C=O) groups is 1. The Balaban J connectivity index is 2.70. The molecule has 0 radical (unpaired) electrons. The van der Waals surface area contributed by atoms with Crippen molar-refractivity contribution in [1.82, 2.24) is 4.90 Å². The van der Waals surface area contributed by atoms with E-state index >= 15 is 0 Å². The van der Waals surface area contributed by atoms with Crippen LogP contribution in [0.15, 0.2) is 0 Å². The van der Waals surface area contributed by atoms with Crippen LogP contribution in [0, 0.1) is 11.8 Å². The molecule has 1 rings (SSSR count). The molecule has 98 valence electrons. The van der Waals surface area contributed by atoms with Crippen molar-refractivity contribution in [2.24, 2.45) is 17.6 Å². The zero-order valence-corrected chi connectivity index (χ0v) is 11.9. The van der Waals surface area contributed by atoms with Crippen LogP contribution in [0.25, 0.3) is 0 Å². The van der Waals surface area contributed by atoms with E-state index in [2.05, 4.69) is 20.8 Å². The molecular weight excluding hydrogens is 232 g/mol. The predicted molar refractivity (Wildman–Crippen MR) is 74.8 cm³/mol. The lowest BCUT2D eigenvalue weighted by atomic mass is 10.0. The molecule has 0 spiro atoms. The molecule has 0 aromatic carbocycles. The highest BCUT2D eigenvalue weighted by atomic mass is 32.1. The molecule has 3 nitrogen and oxygen atoms in total. The molecule has 1 aliphatic rings. The second kappa shape index (κ2) is 6.34. The van der Waals surface area contributed by atoms with Crippen molar-refractivity contribution in [3.63, 3.8) is 0 Å². The van der Waals surface area contributed by atoms with E-state index in [1.165, 1.54) is 0 Å². The quantitative estimate of drug-likeness (QED) is 0.711. The maximum Gasteiger partial charge on any atom is 0.232 e. The third-order valence-corrected chi connectivity index (χ3v) is 3.34. The second-order valence-corrected chi connectivity index (χ2v) is 5.83. The van der Waals surface area contributed by atoms with Crippen LogP contribution in [0.1, 0.15) is 46.5 Å². The molecule has 4 heteroatoms. The Labute approximate surface area is 110 Å². The van der Waals surface area contributed by atoms with Gasteiger partial charge in [0.25, 0.3) is 0 Å². The van der Waals surface area contributed by atoms with Crippen molar-refractivity contribution in [2.45, 2.75) is 52.5 Å². The van der Waals surface area contributed by atoms with Crippen molar-refractivity contribution in [3.8, 4) is 0 Å². The first-order valence-corrected chi connectivity index (χ1v) is 6.98. The number of hydrogen-bond donors (Lipinski definition) is 1. The number of rotatable bonds is 7. The zero-order valence-electron chi connectivity index (χ0n) is 11.1. The van der Waals surface area contributed by atoms with E-state index in [0.29, 0.717) is 16.9 Å². The highest BCUT2D eigenvalue weighted by Crippen LogP contribution is 2.29. The van der Waals surface area contributed by atoms with E-state index in [1.807, 2.05) is 4.90 Å². The molecule has 0 saturated heterocycles. The fraction of sp³-hybridized carbons (Fsp3) is 0.846. The topological polar surface area (TPSA) is 46.3 Å². The van der Waals surface area contributed by atoms with Gasteiger partial charge in [0.05, 0.1) is 10.9 Å². The smallest absolute Gasteiger partial charge is 0.232 e. The SMILES string of the molecule is CCCC(C(=O)N(CC(C)C)C1CC1)C(N)=S. The van der Waals surface area contributed by atoms with Gasteiger partial charge in [-0.3, -0.25) is 4.79 Å². The summed E-state index contributed by atoms with van der Waals surface area (Å²) in [6.45, 7) is 7.16. The molecule has 2 N–H and O–H groups in total. The Bertz CT molecular complexity index is 287. The maximum absolute atomic E-state index is 12.5. The minimum Gasteiger partial charge on any atom is -0.393 e. The van der Waals surface area contributed by atoms with Gasteiger partial charge in [0, 0.05) is 12.6 Å². The van der Waals surface area contributed by atoms with Crippen LogP contribution in [0.4, 0.5) is 0 Å². The molecular formula is C13H24N2OS. The highest BCUT2D eigenvalue weighted by Gasteiger charge is 2.36.